The number of carboxylic acids is 1. The minimum Gasteiger partial charge on any atom is -0.478 e. The van der Waals surface area contributed by atoms with Gasteiger partial charge in [-0.15, -0.1) is 0 Å². The normalized spacial score (nSPS) is 14.0. The molecule has 1 aliphatic rings. The number of allylic oxidation sites excluding steroid dienone is 1. The van der Waals surface area contributed by atoms with Gasteiger partial charge < -0.3 is 10.0 Å². The second-order valence-electron chi connectivity index (χ2n) is 4.94. The Morgan fingerprint density at radius 3 is 2.89 bits per heavy atom. The van der Waals surface area contributed by atoms with Crippen molar-refractivity contribution in [2.24, 2.45) is 0 Å². The molecule has 1 aromatic carbocycles. The molecular weight excluding hydrogens is 226 g/mol. The minimum absolute atomic E-state index is 0.453. The average molecular weight is 245 g/mol. The average Bonchev–Trinajstić information content (AvgIpc) is 2.35. The first-order valence-corrected chi connectivity index (χ1v) is 6.33. The molecule has 1 aromatic rings. The van der Waals surface area contributed by atoms with Gasteiger partial charge in [-0.25, -0.2) is 4.79 Å². The van der Waals surface area contributed by atoms with E-state index in [0.29, 0.717) is 5.56 Å². The molecule has 18 heavy (non-hydrogen) atoms. The smallest absolute Gasteiger partial charge is 0.336 e. The van der Waals surface area contributed by atoms with E-state index in [4.69, 9.17) is 0 Å². The van der Waals surface area contributed by atoms with Gasteiger partial charge in [0.2, 0.25) is 0 Å². The fourth-order valence-corrected chi connectivity index (χ4v) is 2.38. The number of aromatic carboxylic acids is 1. The highest BCUT2D eigenvalue weighted by Crippen LogP contribution is 2.29. The number of carboxylic acid groups (broad SMARTS) is 1. The number of hydrogen-bond donors (Lipinski definition) is 1. The molecule has 0 unspecified atom stereocenters. The maximum atomic E-state index is 11.2. The van der Waals surface area contributed by atoms with Gasteiger partial charge in [-0.1, -0.05) is 17.7 Å². The zero-order valence-corrected chi connectivity index (χ0v) is 10.9. The predicted octanol–water partition coefficient (Wildman–Crippen LogP) is 3.10. The van der Waals surface area contributed by atoms with Crippen LogP contribution in [0, 0.1) is 0 Å². The van der Waals surface area contributed by atoms with E-state index in [1.807, 2.05) is 12.1 Å². The highest BCUT2D eigenvalue weighted by atomic mass is 16.4. The highest BCUT2D eigenvalue weighted by Gasteiger charge is 2.21. The fraction of sp³-hybridized carbons (Fsp3) is 0.400. The van der Waals surface area contributed by atoms with E-state index in [1.54, 1.807) is 6.07 Å². The number of benzene rings is 1. The van der Waals surface area contributed by atoms with Gasteiger partial charge in [0.25, 0.3) is 0 Å². The lowest BCUT2D eigenvalue weighted by Gasteiger charge is -2.31. The van der Waals surface area contributed by atoms with Crippen LogP contribution >= 0.6 is 0 Å². The molecule has 0 spiro atoms. The molecule has 1 N–H and O–H groups in total. The van der Waals surface area contributed by atoms with Crippen LogP contribution in [0.25, 0.3) is 0 Å². The van der Waals surface area contributed by atoms with Gasteiger partial charge >= 0.3 is 5.97 Å². The van der Waals surface area contributed by atoms with Crippen molar-refractivity contribution in [1.82, 2.24) is 0 Å². The summed E-state index contributed by atoms with van der Waals surface area (Å²) in [7, 11) is 0. The Bertz CT molecular complexity index is 487. The summed E-state index contributed by atoms with van der Waals surface area (Å²) in [6, 6.07) is 5.56. The summed E-state index contributed by atoms with van der Waals surface area (Å²) in [5.41, 5.74) is 3.81. The van der Waals surface area contributed by atoms with Crippen LogP contribution in [0.2, 0.25) is 0 Å². The van der Waals surface area contributed by atoms with Crippen molar-refractivity contribution < 1.29 is 9.90 Å². The van der Waals surface area contributed by atoms with E-state index in [2.05, 4.69) is 24.8 Å². The summed E-state index contributed by atoms with van der Waals surface area (Å²) in [6.45, 7) is 6.02. The lowest BCUT2D eigenvalue weighted by atomic mass is 9.96. The summed E-state index contributed by atoms with van der Waals surface area (Å²) in [6.07, 6.45) is 4.07. The van der Waals surface area contributed by atoms with Gasteiger partial charge in [0.15, 0.2) is 0 Å². The van der Waals surface area contributed by atoms with Crippen molar-refractivity contribution in [3.8, 4) is 0 Å². The first kappa shape index (κ1) is 12.7. The molecule has 1 aliphatic heterocycles. The van der Waals surface area contributed by atoms with Crippen LogP contribution in [0.1, 0.15) is 36.2 Å². The number of fused-ring (bicyclic) bond motifs is 1. The Morgan fingerprint density at radius 1 is 1.44 bits per heavy atom. The third-order valence-electron chi connectivity index (χ3n) is 3.30. The monoisotopic (exact) mass is 245 g/mol. The van der Waals surface area contributed by atoms with Gasteiger partial charge in [0.1, 0.15) is 0 Å². The first-order valence-electron chi connectivity index (χ1n) is 6.33. The first-order chi connectivity index (χ1) is 8.59. The molecule has 0 bridgehead atoms. The van der Waals surface area contributed by atoms with E-state index in [9.17, 15) is 9.90 Å². The van der Waals surface area contributed by atoms with Crippen LogP contribution in [0.15, 0.2) is 29.8 Å². The molecule has 0 radical (unpaired) electrons. The van der Waals surface area contributed by atoms with E-state index >= 15 is 0 Å². The Morgan fingerprint density at radius 2 is 2.22 bits per heavy atom. The van der Waals surface area contributed by atoms with Crippen LogP contribution in [0.3, 0.4) is 0 Å². The maximum Gasteiger partial charge on any atom is 0.336 e. The molecule has 0 amide bonds. The van der Waals surface area contributed by atoms with Gasteiger partial charge in [-0.2, -0.15) is 0 Å². The van der Waals surface area contributed by atoms with Gasteiger partial charge in [0.05, 0.1) is 5.56 Å². The van der Waals surface area contributed by atoms with Crippen LogP contribution in [0.5, 0.6) is 0 Å². The van der Waals surface area contributed by atoms with E-state index in [1.165, 1.54) is 5.57 Å². The summed E-state index contributed by atoms with van der Waals surface area (Å²) in [4.78, 5) is 13.5. The summed E-state index contributed by atoms with van der Waals surface area (Å²) < 4.78 is 0. The van der Waals surface area contributed by atoms with Crippen molar-refractivity contribution in [3.63, 3.8) is 0 Å². The zero-order valence-electron chi connectivity index (χ0n) is 10.9. The van der Waals surface area contributed by atoms with Crippen molar-refractivity contribution in [2.75, 3.05) is 18.0 Å². The molecule has 3 nitrogen and oxygen atoms in total. The molecule has 1 heterocycles. The quantitative estimate of drug-likeness (QED) is 0.832. The zero-order chi connectivity index (χ0) is 13.1. The Kier molecular flexibility index (Phi) is 3.70. The van der Waals surface area contributed by atoms with Crippen LogP contribution in [0.4, 0.5) is 5.69 Å². The van der Waals surface area contributed by atoms with Gasteiger partial charge in [-0.05, 0) is 44.4 Å². The van der Waals surface area contributed by atoms with E-state index in [0.717, 1.165) is 37.2 Å². The molecule has 0 fully saturated rings. The maximum absolute atomic E-state index is 11.2. The number of carbonyl (C=O) groups is 1. The van der Waals surface area contributed by atoms with E-state index < -0.39 is 5.97 Å². The molecule has 3 heteroatoms. The molecule has 0 atom stereocenters. The second-order valence-corrected chi connectivity index (χ2v) is 4.94. The molecule has 0 saturated carbocycles. The topological polar surface area (TPSA) is 40.5 Å². The summed E-state index contributed by atoms with van der Waals surface area (Å²) >= 11 is 0. The SMILES string of the molecule is CC(C)=CCN1CCCc2c(C(=O)O)cccc21. The molecule has 0 aliphatic carbocycles. The second kappa shape index (κ2) is 5.25. The molecular formula is C15H19NO2. The third-order valence-corrected chi connectivity index (χ3v) is 3.30. The highest BCUT2D eigenvalue weighted by molar-refractivity contribution is 5.91. The fourth-order valence-electron chi connectivity index (χ4n) is 2.38. The molecule has 2 rings (SSSR count). The van der Waals surface area contributed by atoms with Crippen molar-refractivity contribution in [1.29, 1.82) is 0 Å². The van der Waals surface area contributed by atoms with Crippen LogP contribution < -0.4 is 4.90 Å². The van der Waals surface area contributed by atoms with E-state index in [-0.39, 0.29) is 0 Å². The number of nitrogens with zero attached hydrogens (tertiary/aromatic N) is 1. The molecule has 0 aromatic heterocycles. The Labute approximate surface area is 108 Å². The van der Waals surface area contributed by atoms with Crippen LogP contribution in [-0.4, -0.2) is 24.2 Å². The lowest BCUT2D eigenvalue weighted by molar-refractivity contribution is 0.0695. The third kappa shape index (κ3) is 2.55. The summed E-state index contributed by atoms with van der Waals surface area (Å²) in [5, 5.41) is 9.21. The molecule has 0 saturated heterocycles. The number of rotatable bonds is 3. The predicted molar refractivity (Wildman–Crippen MR) is 73.4 cm³/mol. The largest absolute Gasteiger partial charge is 0.478 e. The standard InChI is InChI=1S/C15H19NO2/c1-11(2)8-10-16-9-4-6-12-13(15(17)18)5-3-7-14(12)16/h3,5,7-8H,4,6,9-10H2,1-2H3,(H,17,18). The Hall–Kier alpha value is -1.77. The lowest BCUT2D eigenvalue weighted by Crippen LogP contribution is -2.30. The number of anilines is 1. The van der Waals surface area contributed by atoms with Gasteiger partial charge in [-0.3, -0.25) is 0 Å². The van der Waals surface area contributed by atoms with Crippen molar-refractivity contribution in [2.45, 2.75) is 26.7 Å². The van der Waals surface area contributed by atoms with Gasteiger partial charge in [0, 0.05) is 18.8 Å². The Balaban J connectivity index is 2.35. The summed E-state index contributed by atoms with van der Waals surface area (Å²) in [5.74, 6) is -0.823. The van der Waals surface area contributed by atoms with Crippen molar-refractivity contribution >= 4 is 11.7 Å². The van der Waals surface area contributed by atoms with Crippen molar-refractivity contribution in [3.05, 3.63) is 41.0 Å². The minimum atomic E-state index is -0.823. The molecule has 96 valence electrons. The van der Waals surface area contributed by atoms with Crippen LogP contribution in [-0.2, 0) is 6.42 Å². The number of hydrogen-bond acceptors (Lipinski definition) is 2.